The number of hydrogen-bond acceptors (Lipinski definition) is 2. The zero-order valence-electron chi connectivity index (χ0n) is 8.21. The topological polar surface area (TPSA) is 35.2 Å². The van der Waals surface area contributed by atoms with E-state index >= 15 is 0 Å². The third-order valence-electron chi connectivity index (χ3n) is 2.03. The van der Waals surface area contributed by atoms with Crippen molar-refractivity contribution in [2.24, 2.45) is 5.73 Å². The lowest BCUT2D eigenvalue weighted by molar-refractivity contribution is -0.0651. The van der Waals surface area contributed by atoms with Crippen LogP contribution in [-0.2, 0) is 0 Å². The van der Waals surface area contributed by atoms with Crippen LogP contribution in [0.5, 0.6) is 5.75 Å². The standard InChI is InChI=1S/C10H12F3NO/c1-15-8-4-2-3-7(5-8)9(11)10(12,13)6-14/h2-5,9H,6,14H2,1H3. The van der Waals surface area contributed by atoms with Crippen LogP contribution in [-0.4, -0.2) is 19.6 Å². The summed E-state index contributed by atoms with van der Waals surface area (Å²) in [7, 11) is 1.38. The van der Waals surface area contributed by atoms with E-state index in [1.807, 2.05) is 0 Å². The van der Waals surface area contributed by atoms with Gasteiger partial charge in [-0.25, -0.2) is 13.2 Å². The van der Waals surface area contributed by atoms with Crippen LogP contribution in [0.25, 0.3) is 0 Å². The molecule has 0 heterocycles. The molecule has 0 aliphatic heterocycles. The highest BCUT2D eigenvalue weighted by molar-refractivity contribution is 5.30. The Kier molecular flexibility index (Phi) is 3.57. The number of hydrogen-bond donors (Lipinski definition) is 1. The summed E-state index contributed by atoms with van der Waals surface area (Å²) in [5.74, 6) is -3.21. The van der Waals surface area contributed by atoms with Crippen molar-refractivity contribution in [1.82, 2.24) is 0 Å². The SMILES string of the molecule is COc1cccc(C(F)C(F)(F)CN)c1. The first-order valence-corrected chi connectivity index (χ1v) is 4.37. The largest absolute Gasteiger partial charge is 0.497 e. The zero-order chi connectivity index (χ0) is 11.5. The summed E-state index contributed by atoms with van der Waals surface area (Å²) < 4.78 is 44.0. The van der Waals surface area contributed by atoms with Gasteiger partial charge in [-0.05, 0) is 17.7 Å². The highest BCUT2D eigenvalue weighted by atomic mass is 19.3. The molecule has 2 N–H and O–H groups in total. The molecule has 0 fully saturated rings. The highest BCUT2D eigenvalue weighted by Gasteiger charge is 2.39. The molecule has 0 aliphatic carbocycles. The first kappa shape index (κ1) is 11.8. The van der Waals surface area contributed by atoms with E-state index in [1.165, 1.54) is 25.3 Å². The fraction of sp³-hybridized carbons (Fsp3) is 0.400. The summed E-state index contributed by atoms with van der Waals surface area (Å²) >= 11 is 0. The molecule has 0 saturated carbocycles. The normalized spacial score (nSPS) is 13.7. The predicted octanol–water partition coefficient (Wildman–Crippen LogP) is 2.30. The lowest BCUT2D eigenvalue weighted by Gasteiger charge is -2.19. The molecule has 0 bridgehead atoms. The molecule has 15 heavy (non-hydrogen) atoms. The number of rotatable bonds is 4. The Morgan fingerprint density at radius 2 is 2.13 bits per heavy atom. The van der Waals surface area contributed by atoms with Crippen LogP contribution in [0.15, 0.2) is 24.3 Å². The van der Waals surface area contributed by atoms with Gasteiger partial charge in [-0.15, -0.1) is 0 Å². The van der Waals surface area contributed by atoms with E-state index in [-0.39, 0.29) is 5.56 Å². The summed E-state index contributed by atoms with van der Waals surface area (Å²) in [6.07, 6.45) is -2.41. The van der Waals surface area contributed by atoms with Gasteiger partial charge in [-0.2, -0.15) is 0 Å². The van der Waals surface area contributed by atoms with Gasteiger partial charge in [0.15, 0.2) is 6.17 Å². The smallest absolute Gasteiger partial charge is 0.294 e. The van der Waals surface area contributed by atoms with Crippen LogP contribution in [0.1, 0.15) is 11.7 Å². The molecule has 0 amide bonds. The lowest BCUT2D eigenvalue weighted by atomic mass is 10.0. The van der Waals surface area contributed by atoms with E-state index in [4.69, 9.17) is 10.5 Å². The second kappa shape index (κ2) is 4.53. The van der Waals surface area contributed by atoms with E-state index in [1.54, 1.807) is 6.07 Å². The van der Waals surface area contributed by atoms with Gasteiger partial charge in [0.25, 0.3) is 5.92 Å². The number of alkyl halides is 3. The summed E-state index contributed by atoms with van der Waals surface area (Å²) in [5, 5.41) is 0. The molecule has 2 nitrogen and oxygen atoms in total. The Morgan fingerprint density at radius 3 is 2.67 bits per heavy atom. The van der Waals surface area contributed by atoms with Crippen LogP contribution >= 0.6 is 0 Å². The molecular formula is C10H12F3NO. The van der Waals surface area contributed by atoms with E-state index in [9.17, 15) is 13.2 Å². The molecule has 1 rings (SSSR count). The second-order valence-corrected chi connectivity index (χ2v) is 3.10. The third-order valence-corrected chi connectivity index (χ3v) is 2.03. The summed E-state index contributed by atoms with van der Waals surface area (Å²) in [6, 6.07) is 5.51. The number of methoxy groups -OCH3 is 1. The summed E-state index contributed by atoms with van der Waals surface area (Å²) in [6.45, 7) is -1.02. The minimum atomic E-state index is -3.55. The van der Waals surface area contributed by atoms with Crippen molar-refractivity contribution >= 4 is 0 Å². The van der Waals surface area contributed by atoms with Crippen LogP contribution in [0.3, 0.4) is 0 Å². The first-order chi connectivity index (χ1) is 7.01. The minimum absolute atomic E-state index is 0.134. The second-order valence-electron chi connectivity index (χ2n) is 3.10. The van der Waals surface area contributed by atoms with Crippen molar-refractivity contribution < 1.29 is 17.9 Å². The van der Waals surface area contributed by atoms with Crippen molar-refractivity contribution in [3.05, 3.63) is 29.8 Å². The quantitative estimate of drug-likeness (QED) is 0.843. The van der Waals surface area contributed by atoms with E-state index in [0.717, 1.165) is 0 Å². The number of halogens is 3. The maximum absolute atomic E-state index is 13.3. The van der Waals surface area contributed by atoms with Gasteiger partial charge in [-0.3, -0.25) is 0 Å². The van der Waals surface area contributed by atoms with E-state index in [2.05, 4.69) is 0 Å². The van der Waals surface area contributed by atoms with Gasteiger partial charge in [0, 0.05) is 0 Å². The Labute approximate surface area is 85.8 Å². The Balaban J connectivity index is 2.95. The van der Waals surface area contributed by atoms with Gasteiger partial charge in [0.05, 0.1) is 13.7 Å². The summed E-state index contributed by atoms with van der Waals surface area (Å²) in [5.41, 5.74) is 4.66. The van der Waals surface area contributed by atoms with Gasteiger partial charge >= 0.3 is 0 Å². The predicted molar refractivity (Wildman–Crippen MR) is 50.8 cm³/mol. The van der Waals surface area contributed by atoms with Gasteiger partial charge < -0.3 is 10.5 Å². The van der Waals surface area contributed by atoms with Gasteiger partial charge in [0.2, 0.25) is 0 Å². The van der Waals surface area contributed by atoms with E-state index in [0.29, 0.717) is 5.75 Å². The third kappa shape index (κ3) is 2.62. The molecule has 1 atom stereocenters. The van der Waals surface area contributed by atoms with Crippen LogP contribution in [0.2, 0.25) is 0 Å². The van der Waals surface area contributed by atoms with Crippen LogP contribution < -0.4 is 10.5 Å². The first-order valence-electron chi connectivity index (χ1n) is 4.37. The fourth-order valence-electron chi connectivity index (χ4n) is 1.15. The lowest BCUT2D eigenvalue weighted by Crippen LogP contribution is -2.32. The molecule has 0 aliphatic rings. The number of nitrogens with two attached hydrogens (primary N) is 1. The highest BCUT2D eigenvalue weighted by Crippen LogP contribution is 2.34. The van der Waals surface area contributed by atoms with Crippen molar-refractivity contribution in [3.63, 3.8) is 0 Å². The molecule has 5 heteroatoms. The molecule has 1 unspecified atom stereocenters. The van der Waals surface area contributed by atoms with E-state index < -0.39 is 18.6 Å². The zero-order valence-corrected chi connectivity index (χ0v) is 8.21. The van der Waals surface area contributed by atoms with Crippen LogP contribution in [0, 0.1) is 0 Å². The molecular weight excluding hydrogens is 207 g/mol. The Morgan fingerprint density at radius 1 is 1.47 bits per heavy atom. The molecule has 84 valence electrons. The van der Waals surface area contributed by atoms with Crippen LogP contribution in [0.4, 0.5) is 13.2 Å². The molecule has 0 radical (unpaired) electrons. The van der Waals surface area contributed by atoms with Crippen molar-refractivity contribution in [2.75, 3.05) is 13.7 Å². The van der Waals surface area contributed by atoms with Crippen molar-refractivity contribution in [1.29, 1.82) is 0 Å². The maximum atomic E-state index is 13.3. The molecule has 0 saturated heterocycles. The van der Waals surface area contributed by atoms with Crippen molar-refractivity contribution in [2.45, 2.75) is 12.1 Å². The minimum Gasteiger partial charge on any atom is -0.497 e. The monoisotopic (exact) mass is 219 g/mol. The fourth-order valence-corrected chi connectivity index (χ4v) is 1.15. The number of benzene rings is 1. The molecule has 0 spiro atoms. The molecule has 0 aromatic heterocycles. The average molecular weight is 219 g/mol. The molecule has 1 aromatic rings. The number of ether oxygens (including phenoxy) is 1. The molecule has 1 aromatic carbocycles. The van der Waals surface area contributed by atoms with Gasteiger partial charge in [-0.1, -0.05) is 12.1 Å². The average Bonchev–Trinajstić information content (AvgIpc) is 2.28. The van der Waals surface area contributed by atoms with Gasteiger partial charge in [0.1, 0.15) is 5.75 Å². The Hall–Kier alpha value is -1.23. The Bertz CT molecular complexity index is 330. The van der Waals surface area contributed by atoms with Crippen molar-refractivity contribution in [3.8, 4) is 5.75 Å². The summed E-state index contributed by atoms with van der Waals surface area (Å²) in [4.78, 5) is 0. The maximum Gasteiger partial charge on any atom is 0.294 e.